The molecule has 4 heterocycles. The van der Waals surface area contributed by atoms with Crippen LogP contribution in [0.2, 0.25) is 0 Å². The Morgan fingerprint density at radius 1 is 0.584 bits per heavy atom. The van der Waals surface area contributed by atoms with Crippen LogP contribution in [0.25, 0.3) is 0 Å². The lowest BCUT2D eigenvalue weighted by Crippen LogP contribution is -2.70. The maximum Gasteiger partial charge on any atom is 0.187 e. The van der Waals surface area contributed by atoms with Crippen LogP contribution in [0, 0.1) is 45.3 Å². The van der Waals surface area contributed by atoms with Crippen molar-refractivity contribution in [1.29, 1.82) is 0 Å². The predicted octanol–water partition coefficient (Wildman–Crippen LogP) is -2.20. The number of allylic oxidation sites excluding steroid dienone is 2. The van der Waals surface area contributed by atoms with Crippen LogP contribution < -0.4 is 0 Å². The van der Waals surface area contributed by atoms with Gasteiger partial charge < -0.3 is 114 Å². The van der Waals surface area contributed by atoms with Crippen molar-refractivity contribution < 1.29 is 114 Å². The van der Waals surface area contributed by atoms with Gasteiger partial charge in [-0.3, -0.25) is 0 Å². The Morgan fingerprint density at radius 3 is 1.78 bits per heavy atom. The van der Waals surface area contributed by atoms with Crippen LogP contribution in [0.5, 0.6) is 0 Å². The number of hydrogen-bond donors (Lipinski definition) is 15. The van der Waals surface area contributed by atoms with Gasteiger partial charge in [-0.2, -0.15) is 0 Å². The summed E-state index contributed by atoms with van der Waals surface area (Å²) >= 11 is 0. The number of ether oxygens (including phenoxy) is 8. The first-order valence-electron chi connectivity index (χ1n) is 27.9. The molecule has 4 saturated carbocycles. The van der Waals surface area contributed by atoms with Gasteiger partial charge in [-0.25, -0.2) is 0 Å². The first kappa shape index (κ1) is 61.9. The van der Waals surface area contributed by atoms with Gasteiger partial charge in [0.05, 0.1) is 56.4 Å². The number of aliphatic hydroxyl groups excluding tert-OH is 15. The fraction of sp³-hybridized carbons (Fsp3) is 0.963. The molecule has 23 nitrogen and oxygen atoms in total. The summed E-state index contributed by atoms with van der Waals surface area (Å²) in [6, 6.07) is 0. The number of fused-ring (bicyclic) bond motifs is 5. The van der Waals surface area contributed by atoms with E-state index < -0.39 is 188 Å². The zero-order valence-corrected chi connectivity index (χ0v) is 45.8. The summed E-state index contributed by atoms with van der Waals surface area (Å²) < 4.78 is 49.1. The van der Waals surface area contributed by atoms with Crippen LogP contribution in [0.3, 0.4) is 0 Å². The van der Waals surface area contributed by atoms with Gasteiger partial charge in [0.1, 0.15) is 85.5 Å². The van der Waals surface area contributed by atoms with Crippen LogP contribution in [-0.2, 0) is 37.9 Å². The lowest BCUT2D eigenvalue weighted by molar-refractivity contribution is -0.380. The molecule has 8 fully saturated rings. The molecule has 26 unspecified atom stereocenters. The highest BCUT2D eigenvalue weighted by Gasteiger charge is 2.74. The fourth-order valence-electron chi connectivity index (χ4n) is 16.4. The van der Waals surface area contributed by atoms with E-state index in [9.17, 15) is 76.6 Å². The van der Waals surface area contributed by atoms with Gasteiger partial charge in [0.2, 0.25) is 0 Å². The van der Waals surface area contributed by atoms with E-state index in [2.05, 4.69) is 26.8 Å². The van der Waals surface area contributed by atoms with E-state index in [1.54, 1.807) is 0 Å². The maximum absolute atomic E-state index is 12.8. The first-order valence-corrected chi connectivity index (χ1v) is 27.9. The highest BCUT2D eigenvalue weighted by atomic mass is 16.8. The standard InChI is InChI=1S/C54H92O23/c1-23(2)10-9-13-54(8,77-48-44(69)41(66)39(64)31(74-48)22-70-34-17-26(59)36(61)28(19-55)71-34)24-11-15-52(6)35(24)25(58)16-32-51(5)14-12-33(50(3,4)46(51)27(60)18-53(32,52)7)75-49-45(42(67)38(63)30(21-57)73-49)76-47-43(68)40(65)37(62)29(20-56)72-47/h10,24-49,55-69H,9,11-22H2,1-8H3/t24?,25?,26?,27?,28?,29?,30?,31?,32?,33?,34?,35?,36?,37?,38?,39?,40?,41?,42?,43?,44?,45?,46?,47?,48?,49?,51-,52-,53-,54+/m1/s1. The molecule has 0 aromatic rings. The quantitative estimate of drug-likeness (QED) is 0.0576. The molecule has 8 aliphatic rings. The molecule has 0 bridgehead atoms. The molecule has 0 aromatic carbocycles. The van der Waals surface area contributed by atoms with E-state index in [1.807, 2.05) is 34.6 Å². The third-order valence-electron chi connectivity index (χ3n) is 20.7. The van der Waals surface area contributed by atoms with Crippen molar-refractivity contribution in [3.8, 4) is 0 Å². The van der Waals surface area contributed by atoms with E-state index in [1.165, 1.54) is 0 Å². The molecule has 0 spiro atoms. The van der Waals surface area contributed by atoms with Crippen molar-refractivity contribution in [3.05, 3.63) is 11.6 Å². The van der Waals surface area contributed by atoms with Gasteiger partial charge in [-0.05, 0) is 117 Å². The van der Waals surface area contributed by atoms with Crippen LogP contribution in [0.15, 0.2) is 11.6 Å². The maximum atomic E-state index is 12.8. The van der Waals surface area contributed by atoms with Gasteiger partial charge in [0.25, 0.3) is 0 Å². The van der Waals surface area contributed by atoms with Crippen molar-refractivity contribution in [2.45, 2.75) is 254 Å². The molecular weight excluding hydrogens is 1020 g/mol. The lowest BCUT2D eigenvalue weighted by Gasteiger charge is -2.71. The van der Waals surface area contributed by atoms with Gasteiger partial charge >= 0.3 is 0 Å². The van der Waals surface area contributed by atoms with Crippen molar-refractivity contribution in [3.63, 3.8) is 0 Å². The summed E-state index contributed by atoms with van der Waals surface area (Å²) in [6.07, 6.45) is -25.3. The summed E-state index contributed by atoms with van der Waals surface area (Å²) in [7, 11) is 0. The van der Waals surface area contributed by atoms with Crippen molar-refractivity contribution in [2.75, 3.05) is 26.4 Å². The minimum absolute atomic E-state index is 0.119. The molecule has 15 N–H and O–H groups in total. The molecular formula is C54H92O23. The minimum Gasteiger partial charge on any atom is -0.394 e. The van der Waals surface area contributed by atoms with Crippen molar-refractivity contribution in [2.24, 2.45) is 45.3 Å². The largest absolute Gasteiger partial charge is 0.394 e. The first-order chi connectivity index (χ1) is 36.0. The van der Waals surface area contributed by atoms with Gasteiger partial charge in [-0.15, -0.1) is 0 Å². The zero-order chi connectivity index (χ0) is 56.6. The molecule has 446 valence electrons. The Balaban J connectivity index is 1.02. The molecule has 0 aromatic heterocycles. The van der Waals surface area contributed by atoms with E-state index >= 15 is 0 Å². The molecule has 23 heteroatoms. The summed E-state index contributed by atoms with van der Waals surface area (Å²) in [5.41, 5.74) is -2.56. The summed E-state index contributed by atoms with van der Waals surface area (Å²) in [5.74, 6) is -1.24. The molecule has 0 radical (unpaired) electrons. The topological polar surface area (TPSA) is 377 Å². The number of aliphatic hydroxyl groups is 15. The van der Waals surface area contributed by atoms with Crippen LogP contribution >= 0.6 is 0 Å². The molecule has 8 rings (SSSR count). The Bertz CT molecular complexity index is 2000. The second-order valence-electron chi connectivity index (χ2n) is 25.8. The highest BCUT2D eigenvalue weighted by molar-refractivity contribution is 5.22. The predicted molar refractivity (Wildman–Crippen MR) is 266 cm³/mol. The number of rotatable bonds is 16. The summed E-state index contributed by atoms with van der Waals surface area (Å²) in [4.78, 5) is 0. The average molecular weight is 1110 g/mol. The molecule has 4 aliphatic heterocycles. The van der Waals surface area contributed by atoms with Crippen molar-refractivity contribution >= 4 is 0 Å². The van der Waals surface area contributed by atoms with Crippen LogP contribution in [0.4, 0.5) is 0 Å². The average Bonchev–Trinajstić information content (AvgIpc) is 4.01. The third-order valence-corrected chi connectivity index (χ3v) is 20.7. The van der Waals surface area contributed by atoms with E-state index in [4.69, 9.17) is 37.9 Å². The summed E-state index contributed by atoms with van der Waals surface area (Å²) in [6.45, 7) is 14.1. The third kappa shape index (κ3) is 11.0. The van der Waals surface area contributed by atoms with E-state index in [-0.39, 0.29) is 30.8 Å². The molecule has 30 atom stereocenters. The second kappa shape index (κ2) is 23.5. The highest BCUT2D eigenvalue weighted by Crippen LogP contribution is 2.76. The Hall–Kier alpha value is -1.18. The molecule has 77 heavy (non-hydrogen) atoms. The van der Waals surface area contributed by atoms with E-state index in [0.717, 1.165) is 5.57 Å². The second-order valence-corrected chi connectivity index (χ2v) is 25.8. The van der Waals surface area contributed by atoms with E-state index in [0.29, 0.717) is 51.4 Å². The Morgan fingerprint density at radius 2 is 1.16 bits per heavy atom. The SMILES string of the molecule is CC(C)=CCC[C@](C)(OC1OC(COC2CC(O)C(O)C(CO)O2)C(O)C(O)C1O)C1CC[C@]2(C)C1C(O)CC1[C@@]3(C)CCC(OC4OC(CO)C(O)C(O)C4OC4OC(CO)C(O)C(O)C4O)C(C)(C)C3C(O)C[C@]12C. The minimum atomic E-state index is -1.85. The van der Waals surface area contributed by atoms with Gasteiger partial charge in [0, 0.05) is 6.42 Å². The Labute approximate surface area is 450 Å². The number of hydrogen-bond acceptors (Lipinski definition) is 23. The smallest absolute Gasteiger partial charge is 0.187 e. The molecule has 0 amide bonds. The van der Waals surface area contributed by atoms with Crippen molar-refractivity contribution in [1.82, 2.24) is 0 Å². The Kier molecular flexibility index (Phi) is 18.9. The summed E-state index contributed by atoms with van der Waals surface area (Å²) in [5, 5.41) is 164. The lowest BCUT2D eigenvalue weighted by atomic mass is 9.34. The van der Waals surface area contributed by atoms with Crippen LogP contribution in [0.1, 0.15) is 113 Å². The monoisotopic (exact) mass is 1110 g/mol. The zero-order valence-electron chi connectivity index (χ0n) is 45.8. The van der Waals surface area contributed by atoms with Gasteiger partial charge in [-0.1, -0.05) is 46.3 Å². The van der Waals surface area contributed by atoms with Crippen LogP contribution in [-0.4, -0.2) is 244 Å². The molecule has 4 aliphatic carbocycles. The molecule has 4 saturated heterocycles. The fourth-order valence-corrected chi connectivity index (χ4v) is 16.4. The normalized spacial score (nSPS) is 52.7. The van der Waals surface area contributed by atoms with Gasteiger partial charge in [0.15, 0.2) is 25.2 Å².